The van der Waals surface area contributed by atoms with E-state index in [1.807, 2.05) is 0 Å². The average Bonchev–Trinajstić information content (AvgIpc) is 2.80. The van der Waals surface area contributed by atoms with E-state index in [2.05, 4.69) is 5.18 Å². The first-order valence-electron chi connectivity index (χ1n) is 8.74. The molecule has 0 bridgehead atoms. The Labute approximate surface area is 171 Å². The van der Waals surface area contributed by atoms with Crippen LogP contribution in [0.25, 0.3) is 0 Å². The number of carbonyl (C=O) groups excluding carboxylic acids is 2. The van der Waals surface area contributed by atoms with Gasteiger partial charge in [0.2, 0.25) is 0 Å². The third-order valence-corrected chi connectivity index (χ3v) is 4.09. The maximum atomic E-state index is 12.3. The maximum absolute atomic E-state index is 12.3. The van der Waals surface area contributed by atoms with Crippen LogP contribution in [0.2, 0.25) is 0 Å². The highest BCUT2D eigenvalue weighted by Crippen LogP contribution is 2.32. The number of benzene rings is 3. The zero-order chi connectivity index (χ0) is 21.5. The van der Waals surface area contributed by atoms with E-state index < -0.39 is 11.9 Å². The van der Waals surface area contributed by atoms with Crippen molar-refractivity contribution < 1.29 is 28.5 Å². The molecular formula is C22H17NO7. The third-order valence-electron chi connectivity index (χ3n) is 4.09. The van der Waals surface area contributed by atoms with Crippen LogP contribution in [-0.4, -0.2) is 26.2 Å². The lowest BCUT2D eigenvalue weighted by Crippen LogP contribution is -2.10. The van der Waals surface area contributed by atoms with Crippen molar-refractivity contribution in [3.8, 4) is 23.0 Å². The molecule has 0 radical (unpaired) electrons. The largest absolute Gasteiger partial charge is 0.497 e. The van der Waals surface area contributed by atoms with Crippen molar-refractivity contribution in [2.45, 2.75) is 0 Å². The summed E-state index contributed by atoms with van der Waals surface area (Å²) < 4.78 is 20.6. The second-order valence-electron chi connectivity index (χ2n) is 5.96. The molecule has 0 aliphatic carbocycles. The average molecular weight is 407 g/mol. The summed E-state index contributed by atoms with van der Waals surface area (Å²) in [6.07, 6.45) is 0. The van der Waals surface area contributed by atoms with Gasteiger partial charge in [0.05, 0.1) is 25.3 Å². The Kier molecular flexibility index (Phi) is 6.39. The summed E-state index contributed by atoms with van der Waals surface area (Å²) in [7, 11) is 3.03. The first kappa shape index (κ1) is 20.5. The molecule has 0 atom stereocenters. The van der Waals surface area contributed by atoms with E-state index in [1.165, 1.54) is 44.6 Å². The lowest BCUT2D eigenvalue weighted by molar-refractivity contribution is 0.0720. The van der Waals surface area contributed by atoms with E-state index in [1.54, 1.807) is 36.4 Å². The Morgan fingerprint density at radius 2 is 1.13 bits per heavy atom. The highest BCUT2D eigenvalue weighted by atomic mass is 16.5. The number of hydrogen-bond donors (Lipinski definition) is 0. The molecule has 0 saturated carbocycles. The molecule has 0 saturated heterocycles. The number of nitroso groups, excluding NO2 is 1. The molecule has 3 rings (SSSR count). The Morgan fingerprint density at radius 3 is 1.60 bits per heavy atom. The molecule has 0 amide bonds. The van der Waals surface area contributed by atoms with E-state index in [0.717, 1.165) is 0 Å². The summed E-state index contributed by atoms with van der Waals surface area (Å²) in [4.78, 5) is 35.7. The summed E-state index contributed by atoms with van der Waals surface area (Å²) >= 11 is 0. The predicted octanol–water partition coefficient (Wildman–Crippen LogP) is 4.54. The lowest BCUT2D eigenvalue weighted by Gasteiger charge is -2.09. The van der Waals surface area contributed by atoms with Gasteiger partial charge in [-0.05, 0) is 65.8 Å². The van der Waals surface area contributed by atoms with Crippen LogP contribution in [-0.2, 0) is 0 Å². The fourth-order valence-corrected chi connectivity index (χ4v) is 2.50. The second-order valence-corrected chi connectivity index (χ2v) is 5.96. The van der Waals surface area contributed by atoms with E-state index in [9.17, 15) is 14.5 Å². The van der Waals surface area contributed by atoms with Gasteiger partial charge in [0.1, 0.15) is 17.2 Å². The standard InChI is InChI=1S/C22H17NO7/c1-27-16-7-3-14(4-8-16)21(24)29-18-11-12-20(19(13-18)23-26)30-22(25)15-5-9-17(28-2)10-6-15/h3-13H,1-2H3. The number of rotatable bonds is 7. The topological polar surface area (TPSA) is 100 Å². The molecule has 30 heavy (non-hydrogen) atoms. The van der Waals surface area contributed by atoms with Crippen LogP contribution in [0.15, 0.2) is 71.9 Å². The Morgan fingerprint density at radius 1 is 0.667 bits per heavy atom. The zero-order valence-corrected chi connectivity index (χ0v) is 16.2. The van der Waals surface area contributed by atoms with Crippen molar-refractivity contribution in [1.82, 2.24) is 0 Å². The van der Waals surface area contributed by atoms with Gasteiger partial charge >= 0.3 is 11.9 Å². The Balaban J connectivity index is 1.72. The molecule has 3 aromatic carbocycles. The van der Waals surface area contributed by atoms with Crippen LogP contribution in [0.5, 0.6) is 23.0 Å². The maximum Gasteiger partial charge on any atom is 0.343 e. The highest BCUT2D eigenvalue weighted by molar-refractivity contribution is 5.92. The van der Waals surface area contributed by atoms with Crippen molar-refractivity contribution in [2.75, 3.05) is 14.2 Å². The van der Waals surface area contributed by atoms with Crippen molar-refractivity contribution in [1.29, 1.82) is 0 Å². The smallest absolute Gasteiger partial charge is 0.343 e. The number of nitrogens with zero attached hydrogens (tertiary/aromatic N) is 1. The Hall–Kier alpha value is -4.20. The van der Waals surface area contributed by atoms with Gasteiger partial charge in [-0.15, -0.1) is 4.91 Å². The predicted molar refractivity (Wildman–Crippen MR) is 108 cm³/mol. The first-order valence-corrected chi connectivity index (χ1v) is 8.74. The summed E-state index contributed by atoms with van der Waals surface area (Å²) in [5.41, 5.74) is 0.381. The van der Waals surface area contributed by atoms with Crippen molar-refractivity contribution in [3.63, 3.8) is 0 Å². The Bertz CT molecular complexity index is 1060. The molecule has 8 heteroatoms. The third kappa shape index (κ3) is 4.79. The molecular weight excluding hydrogens is 390 g/mol. The molecule has 8 nitrogen and oxygen atoms in total. The molecule has 0 fully saturated rings. The minimum atomic E-state index is -0.675. The van der Waals surface area contributed by atoms with Gasteiger partial charge in [0, 0.05) is 6.07 Å². The molecule has 0 aromatic heterocycles. The van der Waals surface area contributed by atoms with Gasteiger partial charge in [-0.1, -0.05) is 0 Å². The van der Waals surface area contributed by atoms with Gasteiger partial charge in [0.15, 0.2) is 11.4 Å². The molecule has 0 unspecified atom stereocenters. The van der Waals surface area contributed by atoms with Gasteiger partial charge in [-0.2, -0.15) is 0 Å². The van der Waals surface area contributed by atoms with Crippen LogP contribution < -0.4 is 18.9 Å². The molecule has 152 valence electrons. The number of esters is 2. The van der Waals surface area contributed by atoms with E-state index in [-0.39, 0.29) is 22.7 Å². The van der Waals surface area contributed by atoms with Crippen molar-refractivity contribution >= 4 is 17.6 Å². The lowest BCUT2D eigenvalue weighted by atomic mass is 10.2. The molecule has 0 spiro atoms. The van der Waals surface area contributed by atoms with Gasteiger partial charge in [-0.25, -0.2) is 9.59 Å². The van der Waals surface area contributed by atoms with Gasteiger partial charge in [-0.3, -0.25) is 0 Å². The van der Waals surface area contributed by atoms with Crippen LogP contribution in [0.1, 0.15) is 20.7 Å². The molecule has 0 N–H and O–H groups in total. The minimum absolute atomic E-state index is 0.0601. The SMILES string of the molecule is COc1ccc(C(=O)Oc2ccc(OC(=O)c3ccc(OC)cc3)c(N=O)c2)cc1. The van der Waals surface area contributed by atoms with Gasteiger partial charge < -0.3 is 18.9 Å². The van der Waals surface area contributed by atoms with E-state index in [4.69, 9.17) is 18.9 Å². The highest BCUT2D eigenvalue weighted by Gasteiger charge is 2.15. The van der Waals surface area contributed by atoms with E-state index >= 15 is 0 Å². The number of carbonyl (C=O) groups is 2. The van der Waals surface area contributed by atoms with Crippen LogP contribution in [0, 0.1) is 4.91 Å². The second kappa shape index (κ2) is 9.33. The molecule has 3 aromatic rings. The summed E-state index contributed by atoms with van der Waals surface area (Å²) in [5, 5.41) is 2.85. The normalized spacial score (nSPS) is 10.1. The minimum Gasteiger partial charge on any atom is -0.497 e. The quantitative estimate of drug-likeness (QED) is 0.322. The number of methoxy groups -OCH3 is 2. The van der Waals surface area contributed by atoms with Crippen LogP contribution in [0.4, 0.5) is 5.69 Å². The molecule has 0 heterocycles. The van der Waals surface area contributed by atoms with Crippen molar-refractivity contribution in [2.24, 2.45) is 5.18 Å². The van der Waals surface area contributed by atoms with Gasteiger partial charge in [0.25, 0.3) is 0 Å². The first-order chi connectivity index (χ1) is 14.5. The monoisotopic (exact) mass is 407 g/mol. The number of hydrogen-bond acceptors (Lipinski definition) is 8. The van der Waals surface area contributed by atoms with Crippen LogP contribution >= 0.6 is 0 Å². The summed E-state index contributed by atoms with van der Waals surface area (Å²) in [5.74, 6) is -0.0976. The zero-order valence-electron chi connectivity index (χ0n) is 16.2. The molecule has 0 aliphatic heterocycles. The molecule has 0 aliphatic rings. The van der Waals surface area contributed by atoms with E-state index in [0.29, 0.717) is 17.1 Å². The summed E-state index contributed by atoms with van der Waals surface area (Å²) in [6.45, 7) is 0. The summed E-state index contributed by atoms with van der Waals surface area (Å²) in [6, 6.07) is 16.5. The van der Waals surface area contributed by atoms with Crippen LogP contribution in [0.3, 0.4) is 0 Å². The fourth-order valence-electron chi connectivity index (χ4n) is 2.50. The fraction of sp³-hybridized carbons (Fsp3) is 0.0909. The van der Waals surface area contributed by atoms with Crippen molar-refractivity contribution in [3.05, 3.63) is 82.8 Å². The number of ether oxygens (including phenoxy) is 4.